The second-order valence-electron chi connectivity index (χ2n) is 8.30. The molecule has 2 N–H and O–H groups in total. The summed E-state index contributed by atoms with van der Waals surface area (Å²) in [6, 6.07) is 16.5. The average Bonchev–Trinajstić information content (AvgIpc) is 3.30. The van der Waals surface area contributed by atoms with Gasteiger partial charge in [-0.3, -0.25) is 19.3 Å². The Kier molecular flexibility index (Phi) is 8.32. The normalized spacial score (nSPS) is 16.4. The highest BCUT2D eigenvalue weighted by Crippen LogP contribution is 2.17. The predicted molar refractivity (Wildman–Crippen MR) is 123 cm³/mol. The number of aliphatic carboxylic acids is 1. The number of nitrogens with one attached hydrogen (secondary N) is 1. The van der Waals surface area contributed by atoms with Crippen molar-refractivity contribution in [1.82, 2.24) is 15.1 Å². The number of hydrogen-bond donors (Lipinski definition) is 2. The molecule has 8 heteroatoms. The number of nitrogens with zero attached hydrogens (tertiary/aromatic N) is 2. The van der Waals surface area contributed by atoms with E-state index in [2.05, 4.69) is 5.32 Å². The van der Waals surface area contributed by atoms with E-state index < -0.39 is 18.1 Å². The van der Waals surface area contributed by atoms with Gasteiger partial charge in [-0.25, -0.2) is 4.79 Å². The maximum absolute atomic E-state index is 13.1. The third-order valence-corrected chi connectivity index (χ3v) is 5.70. The lowest BCUT2D eigenvalue weighted by Gasteiger charge is -2.25. The number of carbonyl (C=O) groups excluding carboxylic acids is 3. The first-order valence-electron chi connectivity index (χ1n) is 11.0. The number of likely N-dealkylation sites (N-methyl/N-ethyl adjacent to an activating group) is 1. The monoisotopic (exact) mass is 451 g/mol. The molecule has 174 valence electrons. The molecule has 0 bridgehead atoms. The first-order chi connectivity index (χ1) is 15.8. The lowest BCUT2D eigenvalue weighted by atomic mass is 10.0. The molecule has 2 amide bonds. The summed E-state index contributed by atoms with van der Waals surface area (Å²) in [6.45, 7) is 0.283. The zero-order valence-corrected chi connectivity index (χ0v) is 18.6. The molecule has 1 saturated heterocycles. The second kappa shape index (κ2) is 11.4. The summed E-state index contributed by atoms with van der Waals surface area (Å²) >= 11 is 0. The highest BCUT2D eigenvalue weighted by molar-refractivity contribution is 5.98. The van der Waals surface area contributed by atoms with Gasteiger partial charge in [-0.1, -0.05) is 48.5 Å². The summed E-state index contributed by atoms with van der Waals surface area (Å²) in [5, 5.41) is 12.1. The van der Waals surface area contributed by atoms with Crippen molar-refractivity contribution in [2.24, 2.45) is 0 Å². The van der Waals surface area contributed by atoms with Gasteiger partial charge >= 0.3 is 5.97 Å². The van der Waals surface area contributed by atoms with E-state index in [-0.39, 0.29) is 30.7 Å². The van der Waals surface area contributed by atoms with Crippen LogP contribution in [-0.4, -0.2) is 77.2 Å². The van der Waals surface area contributed by atoms with Crippen LogP contribution in [0.4, 0.5) is 0 Å². The minimum absolute atomic E-state index is 0.0517. The fourth-order valence-electron chi connectivity index (χ4n) is 4.00. The molecule has 0 spiro atoms. The second-order valence-corrected chi connectivity index (χ2v) is 8.30. The van der Waals surface area contributed by atoms with Crippen LogP contribution in [0.5, 0.6) is 0 Å². The van der Waals surface area contributed by atoms with Crippen LogP contribution in [0.3, 0.4) is 0 Å². The number of hydrogen-bond acceptors (Lipinski definition) is 5. The van der Waals surface area contributed by atoms with E-state index in [4.69, 9.17) is 0 Å². The smallest absolute Gasteiger partial charge is 0.326 e. The van der Waals surface area contributed by atoms with Crippen LogP contribution in [0.2, 0.25) is 0 Å². The fourth-order valence-corrected chi connectivity index (χ4v) is 4.00. The number of ketones is 1. The van der Waals surface area contributed by atoms with Crippen LogP contribution >= 0.6 is 0 Å². The number of amides is 2. The zero-order valence-electron chi connectivity index (χ0n) is 18.6. The molecule has 3 rings (SSSR count). The molecule has 1 aliphatic rings. The number of carboxylic acids is 1. The minimum atomic E-state index is -1.01. The van der Waals surface area contributed by atoms with E-state index in [1.807, 2.05) is 36.4 Å². The molecule has 2 atom stereocenters. The van der Waals surface area contributed by atoms with Crippen molar-refractivity contribution in [1.29, 1.82) is 0 Å². The Bertz CT molecular complexity index is 980. The topological polar surface area (TPSA) is 107 Å². The van der Waals surface area contributed by atoms with Gasteiger partial charge in [0.25, 0.3) is 5.91 Å². The number of carbonyl (C=O) groups is 4. The van der Waals surface area contributed by atoms with Gasteiger partial charge in [0.15, 0.2) is 5.78 Å². The fraction of sp³-hybridized carbons (Fsp3) is 0.360. The Morgan fingerprint density at radius 1 is 1.03 bits per heavy atom. The molecule has 1 aliphatic heterocycles. The largest absolute Gasteiger partial charge is 0.480 e. The van der Waals surface area contributed by atoms with Crippen LogP contribution in [0, 0.1) is 0 Å². The van der Waals surface area contributed by atoms with Gasteiger partial charge in [0.2, 0.25) is 5.91 Å². The molecule has 2 aromatic carbocycles. The average molecular weight is 452 g/mol. The first kappa shape index (κ1) is 24.1. The van der Waals surface area contributed by atoms with Gasteiger partial charge in [0.1, 0.15) is 6.04 Å². The maximum atomic E-state index is 13.1. The van der Waals surface area contributed by atoms with E-state index in [9.17, 15) is 24.3 Å². The summed E-state index contributed by atoms with van der Waals surface area (Å²) < 4.78 is 0. The third kappa shape index (κ3) is 6.73. The van der Waals surface area contributed by atoms with Crippen molar-refractivity contribution in [3.8, 4) is 0 Å². The number of likely N-dealkylation sites (tertiary alicyclic amines) is 1. The van der Waals surface area contributed by atoms with Gasteiger partial charge < -0.3 is 15.3 Å². The van der Waals surface area contributed by atoms with E-state index in [0.29, 0.717) is 31.4 Å². The summed E-state index contributed by atoms with van der Waals surface area (Å²) in [6.07, 6.45) is 1.41. The summed E-state index contributed by atoms with van der Waals surface area (Å²) in [4.78, 5) is 52.7. The lowest BCUT2D eigenvalue weighted by molar-refractivity contribution is -0.148. The van der Waals surface area contributed by atoms with Crippen LogP contribution < -0.4 is 5.32 Å². The number of Topliss-reactive ketones (excluding diaryl/α,β-unsaturated/α-hetero) is 1. The predicted octanol–water partition coefficient (Wildman–Crippen LogP) is 1.60. The highest BCUT2D eigenvalue weighted by Gasteiger charge is 2.34. The van der Waals surface area contributed by atoms with Crippen molar-refractivity contribution < 1.29 is 24.3 Å². The van der Waals surface area contributed by atoms with E-state index in [0.717, 1.165) is 5.56 Å². The van der Waals surface area contributed by atoms with Crippen LogP contribution in [0.15, 0.2) is 60.7 Å². The summed E-state index contributed by atoms with van der Waals surface area (Å²) in [7, 11) is 1.64. The van der Waals surface area contributed by atoms with Gasteiger partial charge in [-0.15, -0.1) is 0 Å². The first-order valence-corrected chi connectivity index (χ1v) is 11.0. The minimum Gasteiger partial charge on any atom is -0.480 e. The molecule has 0 unspecified atom stereocenters. The third-order valence-electron chi connectivity index (χ3n) is 5.70. The van der Waals surface area contributed by atoms with Crippen LogP contribution in [0.25, 0.3) is 0 Å². The molecular weight excluding hydrogens is 422 g/mol. The summed E-state index contributed by atoms with van der Waals surface area (Å²) in [5.74, 6) is -1.89. The van der Waals surface area contributed by atoms with E-state index in [1.54, 1.807) is 36.2 Å². The number of benzene rings is 2. The molecule has 0 saturated carbocycles. The molecule has 1 heterocycles. The zero-order chi connectivity index (χ0) is 23.8. The van der Waals surface area contributed by atoms with Gasteiger partial charge in [-0.2, -0.15) is 0 Å². The molecule has 8 nitrogen and oxygen atoms in total. The van der Waals surface area contributed by atoms with Crippen molar-refractivity contribution in [2.45, 2.75) is 31.3 Å². The maximum Gasteiger partial charge on any atom is 0.326 e. The Labute approximate surface area is 193 Å². The van der Waals surface area contributed by atoms with Gasteiger partial charge in [0.05, 0.1) is 19.1 Å². The van der Waals surface area contributed by atoms with Gasteiger partial charge in [0, 0.05) is 12.1 Å². The van der Waals surface area contributed by atoms with Crippen molar-refractivity contribution in [2.75, 3.05) is 26.7 Å². The lowest BCUT2D eigenvalue weighted by Crippen LogP contribution is -2.49. The SMILES string of the molecule is CN(CC(=O)[C@H](Cc1ccccc1)NC(=O)c1ccccc1)CC(=O)N1CCC[C@H]1C(=O)O. The molecule has 0 aromatic heterocycles. The molecule has 0 radical (unpaired) electrons. The number of rotatable bonds is 10. The van der Waals surface area contributed by atoms with Crippen LogP contribution in [0.1, 0.15) is 28.8 Å². The Hall–Kier alpha value is -3.52. The van der Waals surface area contributed by atoms with Gasteiger partial charge in [-0.05, 0) is 44.0 Å². The van der Waals surface area contributed by atoms with Crippen molar-refractivity contribution in [3.63, 3.8) is 0 Å². The van der Waals surface area contributed by atoms with Crippen molar-refractivity contribution >= 4 is 23.6 Å². The van der Waals surface area contributed by atoms with Crippen molar-refractivity contribution in [3.05, 3.63) is 71.8 Å². The highest BCUT2D eigenvalue weighted by atomic mass is 16.4. The quantitative estimate of drug-likeness (QED) is 0.568. The number of carboxylic acid groups (broad SMARTS) is 1. The summed E-state index contributed by atoms with van der Waals surface area (Å²) in [5.41, 5.74) is 1.37. The molecular formula is C25H29N3O5. The molecule has 33 heavy (non-hydrogen) atoms. The molecule has 1 fully saturated rings. The standard InChI is InChI=1S/C25H29N3O5/c1-27(17-23(30)28-14-8-13-21(28)25(32)33)16-22(29)20(15-18-9-4-2-5-10-18)26-24(31)19-11-6-3-7-12-19/h2-7,9-12,20-21H,8,13-17H2,1H3,(H,26,31)(H,32,33)/t20-,21-/m0/s1. The molecule has 0 aliphatic carbocycles. The molecule has 2 aromatic rings. The van der Waals surface area contributed by atoms with Crippen LogP contribution in [-0.2, 0) is 20.8 Å². The van der Waals surface area contributed by atoms with E-state index in [1.165, 1.54) is 4.90 Å². The Morgan fingerprint density at radius 3 is 2.30 bits per heavy atom. The Balaban J connectivity index is 1.65. The Morgan fingerprint density at radius 2 is 1.67 bits per heavy atom. The van der Waals surface area contributed by atoms with E-state index >= 15 is 0 Å².